The second-order valence-electron chi connectivity index (χ2n) is 5.54. The van der Waals surface area contributed by atoms with Crippen molar-refractivity contribution in [3.8, 4) is 0 Å². The van der Waals surface area contributed by atoms with Gasteiger partial charge in [0.15, 0.2) is 0 Å². The molecule has 2 N–H and O–H groups in total. The normalized spacial score (nSPS) is 10.3. The molecule has 3 aromatic rings. The van der Waals surface area contributed by atoms with Crippen LogP contribution < -0.4 is 10.6 Å². The fourth-order valence-corrected chi connectivity index (χ4v) is 2.55. The van der Waals surface area contributed by atoms with Gasteiger partial charge in [0, 0.05) is 23.3 Å². The van der Waals surface area contributed by atoms with Gasteiger partial charge in [-0.1, -0.05) is 41.9 Å². The Bertz CT molecular complexity index is 884. The Balaban J connectivity index is 1.69. The third kappa shape index (κ3) is 4.55. The quantitative estimate of drug-likeness (QED) is 0.718. The number of nitrogens with zero attached hydrogens (tertiary/aromatic N) is 2. The summed E-state index contributed by atoms with van der Waals surface area (Å²) in [6.07, 6.45) is 1.37. The molecule has 25 heavy (non-hydrogen) atoms. The van der Waals surface area contributed by atoms with E-state index in [2.05, 4.69) is 20.6 Å². The second kappa shape index (κ2) is 7.77. The highest BCUT2D eigenvalue weighted by molar-refractivity contribution is 6.30. The first-order valence-electron chi connectivity index (χ1n) is 7.79. The van der Waals surface area contributed by atoms with E-state index < -0.39 is 0 Å². The minimum Gasteiger partial charge on any atom is -0.366 e. The summed E-state index contributed by atoms with van der Waals surface area (Å²) in [4.78, 5) is 20.6. The van der Waals surface area contributed by atoms with E-state index in [1.54, 1.807) is 24.3 Å². The highest BCUT2D eigenvalue weighted by Crippen LogP contribution is 2.20. The standard InChI is InChI=1S/C19H17ClN4O/c1-13-9-15(20)7-8-16(13)24-19(25)17-10-18(23-12-22-17)21-11-14-5-3-2-4-6-14/h2-10,12H,11H2,1H3,(H,24,25)(H,21,22,23). The van der Waals surface area contributed by atoms with E-state index in [4.69, 9.17) is 11.6 Å². The molecule has 0 saturated carbocycles. The maximum absolute atomic E-state index is 12.4. The number of halogens is 1. The highest BCUT2D eigenvalue weighted by Gasteiger charge is 2.10. The van der Waals surface area contributed by atoms with E-state index in [-0.39, 0.29) is 5.91 Å². The van der Waals surface area contributed by atoms with Gasteiger partial charge >= 0.3 is 0 Å². The molecule has 1 aromatic heterocycles. The molecule has 6 heteroatoms. The van der Waals surface area contributed by atoms with Crippen molar-refractivity contribution in [2.45, 2.75) is 13.5 Å². The van der Waals surface area contributed by atoms with E-state index in [0.717, 1.165) is 11.1 Å². The molecule has 0 aliphatic carbocycles. The van der Waals surface area contributed by atoms with Crippen LogP contribution in [0.5, 0.6) is 0 Å². The first-order chi connectivity index (χ1) is 12.1. The van der Waals surface area contributed by atoms with Crippen LogP contribution in [0.15, 0.2) is 60.9 Å². The highest BCUT2D eigenvalue weighted by atomic mass is 35.5. The topological polar surface area (TPSA) is 66.9 Å². The van der Waals surface area contributed by atoms with Crippen molar-refractivity contribution in [1.29, 1.82) is 0 Å². The van der Waals surface area contributed by atoms with E-state index in [1.807, 2.05) is 37.3 Å². The lowest BCUT2D eigenvalue weighted by atomic mass is 10.2. The number of hydrogen-bond acceptors (Lipinski definition) is 4. The van der Waals surface area contributed by atoms with Gasteiger partial charge in [-0.05, 0) is 36.2 Å². The van der Waals surface area contributed by atoms with Gasteiger partial charge in [0.2, 0.25) is 0 Å². The Morgan fingerprint density at radius 3 is 2.64 bits per heavy atom. The minimum absolute atomic E-state index is 0.292. The van der Waals surface area contributed by atoms with Crippen LogP contribution in [0, 0.1) is 6.92 Å². The molecule has 1 heterocycles. The summed E-state index contributed by atoms with van der Waals surface area (Å²) in [5, 5.41) is 6.66. The lowest BCUT2D eigenvalue weighted by Gasteiger charge is -2.09. The molecule has 5 nitrogen and oxygen atoms in total. The number of aromatic nitrogens is 2. The molecule has 1 amide bonds. The zero-order chi connectivity index (χ0) is 17.6. The average Bonchev–Trinajstić information content (AvgIpc) is 2.63. The number of aryl methyl sites for hydroxylation is 1. The van der Waals surface area contributed by atoms with Crippen molar-refractivity contribution >= 4 is 29.0 Å². The van der Waals surface area contributed by atoms with E-state index in [9.17, 15) is 4.79 Å². The summed E-state index contributed by atoms with van der Waals surface area (Å²) in [7, 11) is 0. The lowest BCUT2D eigenvalue weighted by Crippen LogP contribution is -2.15. The van der Waals surface area contributed by atoms with Crippen molar-refractivity contribution in [2.75, 3.05) is 10.6 Å². The SMILES string of the molecule is Cc1cc(Cl)ccc1NC(=O)c1cc(NCc2ccccc2)ncn1. The van der Waals surface area contributed by atoms with E-state index in [0.29, 0.717) is 28.8 Å². The fraction of sp³-hybridized carbons (Fsp3) is 0.105. The largest absolute Gasteiger partial charge is 0.366 e. The zero-order valence-electron chi connectivity index (χ0n) is 13.7. The zero-order valence-corrected chi connectivity index (χ0v) is 14.4. The van der Waals surface area contributed by atoms with Crippen LogP contribution in [-0.4, -0.2) is 15.9 Å². The number of carbonyl (C=O) groups excluding carboxylic acids is 1. The van der Waals surface area contributed by atoms with Crippen LogP contribution >= 0.6 is 11.6 Å². The molecule has 0 atom stereocenters. The third-order valence-electron chi connectivity index (χ3n) is 3.65. The summed E-state index contributed by atoms with van der Waals surface area (Å²) < 4.78 is 0. The first kappa shape index (κ1) is 16.9. The fourth-order valence-electron chi connectivity index (χ4n) is 2.32. The Labute approximate surface area is 151 Å². The van der Waals surface area contributed by atoms with Crippen LogP contribution in [0.1, 0.15) is 21.6 Å². The molecule has 0 bridgehead atoms. The van der Waals surface area contributed by atoms with Gasteiger partial charge in [0.05, 0.1) is 0 Å². The van der Waals surface area contributed by atoms with Crippen LogP contribution in [0.25, 0.3) is 0 Å². The maximum Gasteiger partial charge on any atom is 0.274 e. The number of rotatable bonds is 5. The van der Waals surface area contributed by atoms with Gasteiger partial charge < -0.3 is 10.6 Å². The van der Waals surface area contributed by atoms with Crippen LogP contribution in [-0.2, 0) is 6.54 Å². The van der Waals surface area contributed by atoms with E-state index in [1.165, 1.54) is 6.33 Å². The summed E-state index contributed by atoms with van der Waals surface area (Å²) in [5.41, 5.74) is 3.01. The third-order valence-corrected chi connectivity index (χ3v) is 3.89. The molecule has 0 fully saturated rings. The second-order valence-corrected chi connectivity index (χ2v) is 5.98. The van der Waals surface area contributed by atoms with Crippen molar-refractivity contribution in [2.24, 2.45) is 0 Å². The van der Waals surface area contributed by atoms with E-state index >= 15 is 0 Å². The Kier molecular flexibility index (Phi) is 5.26. The van der Waals surface area contributed by atoms with Gasteiger partial charge in [-0.2, -0.15) is 0 Å². The molecule has 0 saturated heterocycles. The summed E-state index contributed by atoms with van der Waals surface area (Å²) in [5.74, 6) is 0.299. The lowest BCUT2D eigenvalue weighted by molar-refractivity contribution is 0.102. The molecular weight excluding hydrogens is 336 g/mol. The molecule has 0 spiro atoms. The minimum atomic E-state index is -0.296. The monoisotopic (exact) mass is 352 g/mol. The number of benzene rings is 2. The number of carbonyl (C=O) groups is 1. The van der Waals surface area contributed by atoms with Gasteiger partial charge in [0.25, 0.3) is 5.91 Å². The van der Waals surface area contributed by atoms with Crippen molar-refractivity contribution in [1.82, 2.24) is 9.97 Å². The number of nitrogens with one attached hydrogen (secondary N) is 2. The summed E-state index contributed by atoms with van der Waals surface area (Å²) in [6, 6.07) is 16.9. The van der Waals surface area contributed by atoms with Gasteiger partial charge in [-0.15, -0.1) is 0 Å². The molecule has 126 valence electrons. The van der Waals surface area contributed by atoms with Crippen LogP contribution in [0.2, 0.25) is 5.02 Å². The summed E-state index contributed by atoms with van der Waals surface area (Å²) >= 11 is 5.93. The number of amides is 1. The smallest absolute Gasteiger partial charge is 0.274 e. The average molecular weight is 353 g/mol. The molecule has 0 aliphatic rings. The predicted octanol–water partition coefficient (Wildman–Crippen LogP) is 4.30. The van der Waals surface area contributed by atoms with Crippen molar-refractivity contribution in [3.05, 3.63) is 82.8 Å². The first-order valence-corrected chi connectivity index (χ1v) is 8.17. The Hall–Kier alpha value is -2.92. The molecule has 0 radical (unpaired) electrons. The molecule has 0 aliphatic heterocycles. The van der Waals surface area contributed by atoms with Gasteiger partial charge in [-0.3, -0.25) is 4.79 Å². The Morgan fingerprint density at radius 1 is 1.08 bits per heavy atom. The number of hydrogen-bond donors (Lipinski definition) is 2. The maximum atomic E-state index is 12.4. The van der Waals surface area contributed by atoms with Crippen LogP contribution in [0.3, 0.4) is 0 Å². The Morgan fingerprint density at radius 2 is 1.88 bits per heavy atom. The van der Waals surface area contributed by atoms with Gasteiger partial charge in [-0.25, -0.2) is 9.97 Å². The molecule has 3 rings (SSSR count). The van der Waals surface area contributed by atoms with Gasteiger partial charge in [0.1, 0.15) is 17.8 Å². The molecule has 2 aromatic carbocycles. The summed E-state index contributed by atoms with van der Waals surface area (Å²) in [6.45, 7) is 2.50. The van der Waals surface area contributed by atoms with Crippen molar-refractivity contribution < 1.29 is 4.79 Å². The molecular formula is C19H17ClN4O. The predicted molar refractivity (Wildman–Crippen MR) is 99.9 cm³/mol. The van der Waals surface area contributed by atoms with Crippen LogP contribution in [0.4, 0.5) is 11.5 Å². The van der Waals surface area contributed by atoms with Crippen molar-refractivity contribution in [3.63, 3.8) is 0 Å². The number of anilines is 2. The molecule has 0 unspecified atom stereocenters.